The lowest BCUT2D eigenvalue weighted by Gasteiger charge is -2.29. The first-order valence-corrected chi connectivity index (χ1v) is 7.45. The molecular formula is C17H22N2O4. The van der Waals surface area contributed by atoms with Crippen molar-refractivity contribution in [3.63, 3.8) is 0 Å². The van der Waals surface area contributed by atoms with Crippen molar-refractivity contribution >= 4 is 23.5 Å². The predicted molar refractivity (Wildman–Crippen MR) is 88.2 cm³/mol. The summed E-state index contributed by atoms with van der Waals surface area (Å²) in [4.78, 5) is 23.5. The Morgan fingerprint density at radius 2 is 2.09 bits per heavy atom. The Morgan fingerprint density at radius 1 is 1.39 bits per heavy atom. The van der Waals surface area contributed by atoms with Crippen LogP contribution in [0.25, 0.3) is 6.08 Å². The predicted octanol–water partition coefficient (Wildman–Crippen LogP) is 1.52. The van der Waals surface area contributed by atoms with E-state index in [4.69, 9.17) is 10.5 Å². The summed E-state index contributed by atoms with van der Waals surface area (Å²) in [6.07, 6.45) is 3.71. The number of Topliss-reactive ketones (excluding diaryl/α,β-unsaturated/α-hetero) is 1. The Morgan fingerprint density at radius 3 is 2.70 bits per heavy atom. The fourth-order valence-corrected chi connectivity index (χ4v) is 2.50. The van der Waals surface area contributed by atoms with Gasteiger partial charge in [-0.3, -0.25) is 9.59 Å². The normalized spacial score (nSPS) is 16.2. The SMILES string of the molecule is CC(=O)N[C@H](CO)CC(=O)c1ccc2c(c1N)C=CC(C)(C)O2. The van der Waals surface area contributed by atoms with Crippen LogP contribution in [0.3, 0.4) is 0 Å². The first kappa shape index (κ1) is 17.0. The van der Waals surface area contributed by atoms with Crippen molar-refractivity contribution in [2.75, 3.05) is 12.3 Å². The van der Waals surface area contributed by atoms with Crippen molar-refractivity contribution in [3.8, 4) is 5.75 Å². The van der Waals surface area contributed by atoms with E-state index in [0.29, 0.717) is 22.6 Å². The molecule has 0 radical (unpaired) electrons. The highest BCUT2D eigenvalue weighted by Gasteiger charge is 2.25. The smallest absolute Gasteiger partial charge is 0.217 e. The molecule has 1 heterocycles. The van der Waals surface area contributed by atoms with Crippen LogP contribution in [-0.2, 0) is 4.79 Å². The number of aliphatic hydroxyl groups excluding tert-OH is 1. The molecule has 1 aromatic carbocycles. The Balaban J connectivity index is 2.24. The lowest BCUT2D eigenvalue weighted by atomic mass is 9.95. The van der Waals surface area contributed by atoms with E-state index in [1.165, 1.54) is 6.92 Å². The largest absolute Gasteiger partial charge is 0.483 e. The number of fused-ring (bicyclic) bond motifs is 1. The molecule has 6 nitrogen and oxygen atoms in total. The van der Waals surface area contributed by atoms with Crippen LogP contribution < -0.4 is 15.8 Å². The molecule has 1 aliphatic rings. The number of ether oxygens (including phenoxy) is 1. The average molecular weight is 318 g/mol. The molecule has 0 aliphatic carbocycles. The quantitative estimate of drug-likeness (QED) is 0.564. The Labute approximate surface area is 135 Å². The number of rotatable bonds is 5. The summed E-state index contributed by atoms with van der Waals surface area (Å²) in [7, 11) is 0. The third-order valence-electron chi connectivity index (χ3n) is 3.63. The molecule has 0 saturated heterocycles. The summed E-state index contributed by atoms with van der Waals surface area (Å²) in [6, 6.07) is 2.71. The number of carbonyl (C=O) groups excluding carboxylic acids is 2. The number of anilines is 1. The average Bonchev–Trinajstić information content (AvgIpc) is 2.45. The van der Waals surface area contributed by atoms with Gasteiger partial charge in [0, 0.05) is 24.5 Å². The van der Waals surface area contributed by atoms with Gasteiger partial charge in [-0.1, -0.05) is 0 Å². The fraction of sp³-hybridized carbons (Fsp3) is 0.412. The second-order valence-corrected chi connectivity index (χ2v) is 6.18. The highest BCUT2D eigenvalue weighted by Crippen LogP contribution is 2.36. The number of benzene rings is 1. The van der Waals surface area contributed by atoms with Crippen molar-refractivity contribution in [1.82, 2.24) is 5.32 Å². The number of nitrogen functional groups attached to an aromatic ring is 1. The molecule has 1 amide bonds. The summed E-state index contributed by atoms with van der Waals surface area (Å²) < 4.78 is 5.81. The zero-order valence-electron chi connectivity index (χ0n) is 13.6. The van der Waals surface area contributed by atoms with E-state index in [9.17, 15) is 14.7 Å². The van der Waals surface area contributed by atoms with Crippen molar-refractivity contribution in [2.45, 2.75) is 38.8 Å². The minimum absolute atomic E-state index is 0.0187. The summed E-state index contributed by atoms with van der Waals surface area (Å²) in [5, 5.41) is 11.8. The maximum Gasteiger partial charge on any atom is 0.217 e. The summed E-state index contributed by atoms with van der Waals surface area (Å²) in [5.74, 6) is 0.0947. The van der Waals surface area contributed by atoms with Gasteiger partial charge in [0.25, 0.3) is 0 Å². The van der Waals surface area contributed by atoms with Crippen LogP contribution in [-0.4, -0.2) is 35.0 Å². The molecule has 1 aliphatic heterocycles. The van der Waals surface area contributed by atoms with Crippen LogP contribution in [0.15, 0.2) is 18.2 Å². The lowest BCUT2D eigenvalue weighted by Crippen LogP contribution is -2.37. The van der Waals surface area contributed by atoms with Crippen LogP contribution in [0.5, 0.6) is 5.75 Å². The van der Waals surface area contributed by atoms with Gasteiger partial charge in [0.15, 0.2) is 5.78 Å². The number of amides is 1. The fourth-order valence-electron chi connectivity index (χ4n) is 2.50. The van der Waals surface area contributed by atoms with E-state index in [2.05, 4.69) is 5.32 Å². The minimum Gasteiger partial charge on any atom is -0.483 e. The third kappa shape index (κ3) is 3.90. The molecule has 0 bridgehead atoms. The Hall–Kier alpha value is -2.34. The monoisotopic (exact) mass is 318 g/mol. The first-order valence-electron chi connectivity index (χ1n) is 7.45. The molecule has 0 spiro atoms. The second-order valence-electron chi connectivity index (χ2n) is 6.18. The molecular weight excluding hydrogens is 296 g/mol. The molecule has 23 heavy (non-hydrogen) atoms. The number of hydrogen-bond donors (Lipinski definition) is 3. The zero-order valence-corrected chi connectivity index (χ0v) is 13.6. The molecule has 0 unspecified atom stereocenters. The van der Waals surface area contributed by atoms with Gasteiger partial charge in [-0.2, -0.15) is 0 Å². The standard InChI is InChI=1S/C17H22N2O4/c1-10(21)19-11(9-20)8-14(22)12-4-5-15-13(16(12)18)6-7-17(2,3)23-15/h4-7,11,20H,8-9,18H2,1-3H3,(H,19,21)/t11-/m0/s1. The summed E-state index contributed by atoms with van der Waals surface area (Å²) in [5.41, 5.74) is 7.08. The zero-order chi connectivity index (χ0) is 17.2. The third-order valence-corrected chi connectivity index (χ3v) is 3.63. The lowest BCUT2D eigenvalue weighted by molar-refractivity contribution is -0.119. The van der Waals surface area contributed by atoms with Gasteiger partial charge in [0.2, 0.25) is 5.91 Å². The van der Waals surface area contributed by atoms with Crippen LogP contribution in [0.2, 0.25) is 0 Å². The van der Waals surface area contributed by atoms with Gasteiger partial charge in [-0.25, -0.2) is 0 Å². The molecule has 6 heteroatoms. The number of hydrogen-bond acceptors (Lipinski definition) is 5. The highest BCUT2D eigenvalue weighted by molar-refractivity contribution is 6.03. The van der Waals surface area contributed by atoms with Gasteiger partial charge in [0.1, 0.15) is 11.4 Å². The molecule has 124 valence electrons. The van der Waals surface area contributed by atoms with Gasteiger partial charge >= 0.3 is 0 Å². The van der Waals surface area contributed by atoms with E-state index in [1.54, 1.807) is 12.1 Å². The van der Waals surface area contributed by atoms with Crippen LogP contribution in [0.1, 0.15) is 43.1 Å². The Bertz CT molecular complexity index is 665. The van der Waals surface area contributed by atoms with Crippen LogP contribution >= 0.6 is 0 Å². The molecule has 1 atom stereocenters. The number of carbonyl (C=O) groups is 2. The number of nitrogens with one attached hydrogen (secondary N) is 1. The molecule has 0 fully saturated rings. The maximum atomic E-state index is 12.4. The molecule has 0 saturated carbocycles. The van der Waals surface area contributed by atoms with Crippen molar-refractivity contribution in [1.29, 1.82) is 0 Å². The maximum absolute atomic E-state index is 12.4. The van der Waals surface area contributed by atoms with Gasteiger partial charge in [0.05, 0.1) is 18.3 Å². The van der Waals surface area contributed by atoms with E-state index in [1.807, 2.05) is 26.0 Å². The molecule has 4 N–H and O–H groups in total. The number of ketones is 1. The van der Waals surface area contributed by atoms with E-state index >= 15 is 0 Å². The van der Waals surface area contributed by atoms with Gasteiger partial charge < -0.3 is 20.9 Å². The summed E-state index contributed by atoms with van der Waals surface area (Å²) >= 11 is 0. The highest BCUT2D eigenvalue weighted by atomic mass is 16.5. The van der Waals surface area contributed by atoms with E-state index in [0.717, 1.165) is 0 Å². The molecule has 2 rings (SSSR count). The van der Waals surface area contributed by atoms with Gasteiger partial charge in [-0.15, -0.1) is 0 Å². The first-order chi connectivity index (χ1) is 10.7. The van der Waals surface area contributed by atoms with Gasteiger partial charge in [-0.05, 0) is 38.1 Å². The Kier molecular flexibility index (Phi) is 4.75. The van der Waals surface area contributed by atoms with Crippen LogP contribution in [0, 0.1) is 0 Å². The molecule has 1 aromatic rings. The van der Waals surface area contributed by atoms with Crippen molar-refractivity contribution < 1.29 is 19.4 Å². The minimum atomic E-state index is -0.624. The van der Waals surface area contributed by atoms with Crippen LogP contribution in [0.4, 0.5) is 5.69 Å². The molecule has 0 aromatic heterocycles. The van der Waals surface area contributed by atoms with E-state index in [-0.39, 0.29) is 24.7 Å². The number of nitrogens with two attached hydrogens (primary N) is 1. The van der Waals surface area contributed by atoms with E-state index < -0.39 is 11.6 Å². The second kappa shape index (κ2) is 6.42. The summed E-state index contributed by atoms with van der Waals surface area (Å²) in [6.45, 7) is 4.89. The van der Waals surface area contributed by atoms with Crippen molar-refractivity contribution in [3.05, 3.63) is 29.3 Å². The van der Waals surface area contributed by atoms with Crippen molar-refractivity contribution in [2.24, 2.45) is 0 Å². The topological polar surface area (TPSA) is 102 Å². The number of aliphatic hydroxyl groups is 1.